The van der Waals surface area contributed by atoms with E-state index >= 15 is 0 Å². The maximum absolute atomic E-state index is 13.1. The first-order valence-electron chi connectivity index (χ1n) is 7.36. The van der Waals surface area contributed by atoms with Crippen molar-refractivity contribution in [3.05, 3.63) is 30.1 Å². The molecule has 0 spiro atoms. The molecule has 1 fully saturated rings. The molecule has 0 bridgehead atoms. The van der Waals surface area contributed by atoms with Crippen LogP contribution in [0.1, 0.15) is 18.7 Å². The molecule has 3 rings (SSSR count). The van der Waals surface area contributed by atoms with Crippen molar-refractivity contribution < 1.29 is 22.7 Å². The van der Waals surface area contributed by atoms with E-state index in [1.165, 1.54) is 12.1 Å². The molecule has 0 saturated carbocycles. The van der Waals surface area contributed by atoms with Gasteiger partial charge in [0.25, 0.3) is 0 Å². The zero-order valence-electron chi connectivity index (χ0n) is 12.3. The number of para-hydroxylation sites is 2. The second-order valence-corrected chi connectivity index (χ2v) is 5.45. The summed E-state index contributed by atoms with van der Waals surface area (Å²) in [6.45, 7) is 0.541. The molecule has 2 heterocycles. The number of fused-ring (bicyclic) bond motifs is 1. The fourth-order valence-corrected chi connectivity index (χ4v) is 2.68. The normalized spacial score (nSPS) is 18.5. The molecule has 0 unspecified atom stereocenters. The average Bonchev–Trinajstić information content (AvgIpc) is 3.13. The number of carbonyl (C=O) groups excluding carboxylic acids is 1. The Balaban J connectivity index is 1.79. The van der Waals surface area contributed by atoms with Gasteiger partial charge in [-0.05, 0) is 25.0 Å². The lowest BCUT2D eigenvalue weighted by Gasteiger charge is -2.13. The minimum absolute atomic E-state index is 0.0550. The minimum atomic E-state index is -4.62. The number of nitrogens with zero attached hydrogens (tertiary/aromatic N) is 2. The van der Waals surface area contributed by atoms with Crippen molar-refractivity contribution in [1.82, 2.24) is 14.9 Å². The van der Waals surface area contributed by atoms with Gasteiger partial charge in [-0.1, -0.05) is 12.1 Å². The molecule has 5 nitrogen and oxygen atoms in total. The summed E-state index contributed by atoms with van der Waals surface area (Å²) in [7, 11) is 0. The van der Waals surface area contributed by atoms with Gasteiger partial charge in [-0.2, -0.15) is 13.2 Å². The second-order valence-electron chi connectivity index (χ2n) is 5.45. The number of amides is 1. The summed E-state index contributed by atoms with van der Waals surface area (Å²) >= 11 is 0. The molecular formula is C15H16F3N3O2. The third-order valence-corrected chi connectivity index (χ3v) is 3.76. The molecule has 1 amide bonds. The first kappa shape index (κ1) is 15.8. The van der Waals surface area contributed by atoms with Crippen LogP contribution in [0.25, 0.3) is 11.0 Å². The van der Waals surface area contributed by atoms with Crippen LogP contribution in [0.15, 0.2) is 24.3 Å². The van der Waals surface area contributed by atoms with Crippen LogP contribution >= 0.6 is 0 Å². The molecule has 1 aliphatic heterocycles. The van der Waals surface area contributed by atoms with Crippen LogP contribution in [0.5, 0.6) is 0 Å². The number of benzene rings is 1. The van der Waals surface area contributed by atoms with Gasteiger partial charge in [-0.3, -0.25) is 4.79 Å². The van der Waals surface area contributed by atoms with Crippen LogP contribution in [-0.2, 0) is 22.3 Å². The van der Waals surface area contributed by atoms with Crippen LogP contribution in [0.2, 0.25) is 0 Å². The van der Waals surface area contributed by atoms with E-state index in [1.54, 1.807) is 12.1 Å². The van der Waals surface area contributed by atoms with Gasteiger partial charge >= 0.3 is 6.18 Å². The zero-order chi connectivity index (χ0) is 16.4. The predicted octanol–water partition coefficient (Wildman–Crippen LogP) is 2.35. The number of hydrogen-bond donors (Lipinski definition) is 1. The molecular weight excluding hydrogens is 311 g/mol. The van der Waals surface area contributed by atoms with Gasteiger partial charge in [-0.15, -0.1) is 0 Å². The first-order chi connectivity index (χ1) is 10.9. The van der Waals surface area contributed by atoms with E-state index in [9.17, 15) is 18.0 Å². The largest absolute Gasteiger partial charge is 0.449 e. The standard InChI is InChI=1S/C15H16F3N3O2/c16-15(17,18)14-20-11-5-1-2-6-12(11)21(14)9-13(22)19-8-10-4-3-7-23-10/h1-2,5-6,10H,3-4,7-9H2,(H,19,22)/t10-/m1/s1. The van der Waals surface area contributed by atoms with Gasteiger partial charge < -0.3 is 14.6 Å². The number of aromatic nitrogens is 2. The Morgan fingerprint density at radius 2 is 2.17 bits per heavy atom. The number of ether oxygens (including phenoxy) is 1. The molecule has 0 radical (unpaired) electrons. The van der Waals surface area contributed by atoms with Crippen LogP contribution in [0.3, 0.4) is 0 Å². The van der Waals surface area contributed by atoms with Gasteiger partial charge in [-0.25, -0.2) is 4.98 Å². The van der Waals surface area contributed by atoms with E-state index in [2.05, 4.69) is 10.3 Å². The van der Waals surface area contributed by atoms with Gasteiger partial charge in [0.05, 0.1) is 17.1 Å². The average molecular weight is 327 g/mol. The molecule has 8 heteroatoms. The lowest BCUT2D eigenvalue weighted by Crippen LogP contribution is -2.34. The molecule has 1 aromatic carbocycles. The third-order valence-electron chi connectivity index (χ3n) is 3.76. The van der Waals surface area contributed by atoms with Gasteiger partial charge in [0.2, 0.25) is 11.7 Å². The maximum Gasteiger partial charge on any atom is 0.449 e. The van der Waals surface area contributed by atoms with E-state index in [0.717, 1.165) is 17.4 Å². The Labute approximate surface area is 130 Å². The summed E-state index contributed by atoms with van der Waals surface area (Å²) in [6.07, 6.45) is -2.89. The van der Waals surface area contributed by atoms with Crippen LogP contribution in [0, 0.1) is 0 Å². The summed E-state index contributed by atoms with van der Waals surface area (Å²) in [5.74, 6) is -1.56. The number of rotatable bonds is 4. The summed E-state index contributed by atoms with van der Waals surface area (Å²) in [5, 5.41) is 2.63. The molecule has 1 aliphatic rings. The fraction of sp³-hybridized carbons (Fsp3) is 0.467. The van der Waals surface area contributed by atoms with Crippen molar-refractivity contribution in [2.45, 2.75) is 31.7 Å². The molecule has 2 aromatic rings. The van der Waals surface area contributed by atoms with Crippen LogP contribution in [0.4, 0.5) is 13.2 Å². The molecule has 1 saturated heterocycles. The van der Waals surface area contributed by atoms with Gasteiger partial charge in [0.15, 0.2) is 0 Å². The zero-order valence-corrected chi connectivity index (χ0v) is 12.3. The summed E-state index contributed by atoms with van der Waals surface area (Å²) in [6, 6.07) is 6.23. The molecule has 0 aliphatic carbocycles. The summed E-state index contributed by atoms with van der Waals surface area (Å²) < 4.78 is 45.7. The molecule has 1 N–H and O–H groups in total. The highest BCUT2D eigenvalue weighted by Gasteiger charge is 2.38. The topological polar surface area (TPSA) is 56.2 Å². The Morgan fingerprint density at radius 1 is 1.39 bits per heavy atom. The second kappa shape index (κ2) is 6.19. The Hall–Kier alpha value is -2.09. The predicted molar refractivity (Wildman–Crippen MR) is 76.7 cm³/mol. The number of alkyl halides is 3. The molecule has 23 heavy (non-hydrogen) atoms. The number of imidazole rings is 1. The van der Waals surface area contributed by atoms with Crippen molar-refractivity contribution in [3.63, 3.8) is 0 Å². The maximum atomic E-state index is 13.1. The van der Waals surface area contributed by atoms with E-state index < -0.39 is 24.5 Å². The monoisotopic (exact) mass is 327 g/mol. The third kappa shape index (κ3) is 3.47. The summed E-state index contributed by atoms with van der Waals surface area (Å²) in [5.41, 5.74) is 0.499. The first-order valence-corrected chi connectivity index (χ1v) is 7.36. The van der Waals surface area contributed by atoms with Gasteiger partial charge in [0, 0.05) is 13.2 Å². The van der Waals surface area contributed by atoms with E-state index in [4.69, 9.17) is 4.74 Å². The smallest absolute Gasteiger partial charge is 0.376 e. The van der Waals surface area contributed by atoms with Crippen molar-refractivity contribution >= 4 is 16.9 Å². The van der Waals surface area contributed by atoms with E-state index in [0.29, 0.717) is 13.2 Å². The van der Waals surface area contributed by atoms with Gasteiger partial charge in [0.1, 0.15) is 6.54 Å². The molecule has 124 valence electrons. The molecule has 1 atom stereocenters. The number of nitrogens with one attached hydrogen (secondary N) is 1. The highest BCUT2D eigenvalue weighted by atomic mass is 19.4. The lowest BCUT2D eigenvalue weighted by atomic mass is 10.2. The van der Waals surface area contributed by atoms with Crippen molar-refractivity contribution in [1.29, 1.82) is 0 Å². The van der Waals surface area contributed by atoms with Crippen LogP contribution in [-0.4, -0.2) is 34.7 Å². The van der Waals surface area contributed by atoms with E-state index in [1.807, 2.05) is 0 Å². The van der Waals surface area contributed by atoms with Crippen molar-refractivity contribution in [2.75, 3.05) is 13.2 Å². The number of halogens is 3. The highest BCUT2D eigenvalue weighted by Crippen LogP contribution is 2.31. The van der Waals surface area contributed by atoms with Crippen molar-refractivity contribution in [2.24, 2.45) is 0 Å². The number of hydrogen-bond acceptors (Lipinski definition) is 3. The highest BCUT2D eigenvalue weighted by molar-refractivity contribution is 5.81. The Morgan fingerprint density at radius 3 is 2.87 bits per heavy atom. The lowest BCUT2D eigenvalue weighted by molar-refractivity contribution is -0.147. The minimum Gasteiger partial charge on any atom is -0.376 e. The summed E-state index contributed by atoms with van der Waals surface area (Å²) in [4.78, 5) is 15.6. The quantitative estimate of drug-likeness (QED) is 0.938. The fourth-order valence-electron chi connectivity index (χ4n) is 2.68. The van der Waals surface area contributed by atoms with Crippen LogP contribution < -0.4 is 5.32 Å². The molecule has 1 aromatic heterocycles. The van der Waals surface area contributed by atoms with E-state index in [-0.39, 0.29) is 17.1 Å². The SMILES string of the molecule is O=C(Cn1c(C(F)(F)F)nc2ccccc21)NC[C@H]1CCCO1. The Kier molecular flexibility index (Phi) is 4.25. The Bertz CT molecular complexity index is 706. The number of carbonyl (C=O) groups is 1. The van der Waals surface area contributed by atoms with Crippen molar-refractivity contribution in [3.8, 4) is 0 Å².